The Hall–Kier alpha value is 0.217. The van der Waals surface area contributed by atoms with E-state index in [1.807, 2.05) is 0 Å². The molecule has 0 N–H and O–H groups in total. The summed E-state index contributed by atoms with van der Waals surface area (Å²) in [6.45, 7) is 4.66. The molecule has 1 heteroatoms. The van der Waals surface area contributed by atoms with Crippen LogP contribution in [0.4, 0.5) is 0 Å². The maximum atomic E-state index is 2.33. The second kappa shape index (κ2) is 1.37. The van der Waals surface area contributed by atoms with Gasteiger partial charge in [-0.15, -0.1) is 0 Å². The van der Waals surface area contributed by atoms with E-state index in [9.17, 15) is 0 Å². The van der Waals surface area contributed by atoms with Crippen LogP contribution in [0.25, 0.3) is 0 Å². The average Bonchev–Trinajstić information content (AvgIpc) is 1.33. The molecule has 1 rings (SSSR count). The standard InChI is InChI=1S/C5H10Si/c1-4-3-5(2)6-4/h4-5H,3H2,1-2H3. The Balaban J connectivity index is 2.11. The molecule has 34 valence electrons. The molecular weight excluding hydrogens is 88.1 g/mol. The van der Waals surface area contributed by atoms with Crippen molar-refractivity contribution in [2.75, 3.05) is 0 Å². The minimum Gasteiger partial charge on any atom is -0.0653 e. The summed E-state index contributed by atoms with van der Waals surface area (Å²) in [5.41, 5.74) is 2.14. The van der Waals surface area contributed by atoms with E-state index in [0.717, 1.165) is 11.1 Å². The van der Waals surface area contributed by atoms with Crippen LogP contribution in [0.2, 0.25) is 11.1 Å². The van der Waals surface area contributed by atoms with Gasteiger partial charge in [0.05, 0.1) is 0 Å². The Morgan fingerprint density at radius 2 is 1.67 bits per heavy atom. The molecule has 1 saturated heterocycles. The van der Waals surface area contributed by atoms with Crippen LogP contribution in [0.15, 0.2) is 0 Å². The first-order valence-corrected chi connectivity index (χ1v) is 3.70. The molecule has 6 heavy (non-hydrogen) atoms. The van der Waals surface area contributed by atoms with E-state index < -0.39 is 0 Å². The molecule has 0 aromatic heterocycles. The van der Waals surface area contributed by atoms with Crippen molar-refractivity contribution in [2.45, 2.75) is 31.4 Å². The molecule has 0 amide bonds. The molecule has 1 aliphatic rings. The van der Waals surface area contributed by atoms with Gasteiger partial charge in [-0.2, -0.15) is 0 Å². The van der Waals surface area contributed by atoms with Crippen LogP contribution in [0.3, 0.4) is 0 Å². The van der Waals surface area contributed by atoms with E-state index >= 15 is 0 Å². The third-order valence-electron chi connectivity index (χ3n) is 1.28. The predicted molar refractivity (Wildman–Crippen MR) is 29.2 cm³/mol. The van der Waals surface area contributed by atoms with Crippen molar-refractivity contribution in [2.24, 2.45) is 0 Å². The lowest BCUT2D eigenvalue weighted by atomic mass is 10.2. The van der Waals surface area contributed by atoms with Crippen LogP contribution < -0.4 is 0 Å². The molecule has 2 atom stereocenters. The first kappa shape index (κ1) is 4.38. The second-order valence-corrected chi connectivity index (χ2v) is 4.51. The van der Waals surface area contributed by atoms with Gasteiger partial charge in [-0.05, 0) is 0 Å². The summed E-state index contributed by atoms with van der Waals surface area (Å²) >= 11 is 0. The van der Waals surface area contributed by atoms with Gasteiger partial charge in [0.15, 0.2) is 0 Å². The molecule has 1 fully saturated rings. The summed E-state index contributed by atoms with van der Waals surface area (Å²) in [6, 6.07) is 0. The Kier molecular flexibility index (Phi) is 1.00. The molecule has 1 heterocycles. The molecule has 0 saturated carbocycles. The predicted octanol–water partition coefficient (Wildman–Crippen LogP) is 1.71. The fourth-order valence-electron chi connectivity index (χ4n) is 0.992. The zero-order chi connectivity index (χ0) is 4.57. The highest BCUT2D eigenvalue weighted by Gasteiger charge is 2.20. The Labute approximate surface area is 41.8 Å². The van der Waals surface area contributed by atoms with Crippen LogP contribution in [0.5, 0.6) is 0 Å². The van der Waals surface area contributed by atoms with Gasteiger partial charge in [0.2, 0.25) is 0 Å². The van der Waals surface area contributed by atoms with Gasteiger partial charge in [-0.1, -0.05) is 31.4 Å². The van der Waals surface area contributed by atoms with Crippen LogP contribution in [-0.4, -0.2) is 9.52 Å². The zero-order valence-corrected chi connectivity index (χ0v) is 5.36. The van der Waals surface area contributed by atoms with E-state index in [4.69, 9.17) is 0 Å². The molecule has 1 aliphatic heterocycles. The topological polar surface area (TPSA) is 0 Å². The first-order valence-electron chi connectivity index (χ1n) is 2.55. The van der Waals surface area contributed by atoms with Crippen molar-refractivity contribution in [3.05, 3.63) is 0 Å². The SMILES string of the molecule is CC1CC(C)[Si]1. The van der Waals surface area contributed by atoms with Crippen molar-refractivity contribution >= 4 is 9.52 Å². The van der Waals surface area contributed by atoms with Gasteiger partial charge in [0, 0.05) is 9.52 Å². The molecule has 0 bridgehead atoms. The molecule has 0 aromatic carbocycles. The van der Waals surface area contributed by atoms with Crippen molar-refractivity contribution in [3.8, 4) is 0 Å². The molecule has 0 aromatic rings. The highest BCUT2D eigenvalue weighted by Crippen LogP contribution is 2.33. The Morgan fingerprint density at radius 3 is 1.67 bits per heavy atom. The second-order valence-electron chi connectivity index (χ2n) is 2.20. The third kappa shape index (κ3) is 0.646. The fraction of sp³-hybridized carbons (Fsp3) is 1.00. The summed E-state index contributed by atoms with van der Waals surface area (Å²) in [4.78, 5) is 0. The van der Waals surface area contributed by atoms with E-state index in [-0.39, 0.29) is 0 Å². The highest BCUT2D eigenvalue weighted by atomic mass is 28.2. The van der Waals surface area contributed by atoms with Gasteiger partial charge < -0.3 is 0 Å². The Morgan fingerprint density at radius 1 is 1.33 bits per heavy atom. The molecular formula is C5H10Si. The molecule has 2 radical (unpaired) electrons. The monoisotopic (exact) mass is 98.1 g/mol. The van der Waals surface area contributed by atoms with Crippen molar-refractivity contribution in [1.82, 2.24) is 0 Å². The van der Waals surface area contributed by atoms with E-state index in [1.54, 1.807) is 0 Å². The fourth-order valence-corrected chi connectivity index (χ4v) is 2.50. The molecule has 0 spiro atoms. The van der Waals surface area contributed by atoms with Crippen LogP contribution in [0.1, 0.15) is 20.3 Å². The van der Waals surface area contributed by atoms with Gasteiger partial charge >= 0.3 is 0 Å². The lowest BCUT2D eigenvalue weighted by molar-refractivity contribution is 0.668. The highest BCUT2D eigenvalue weighted by molar-refractivity contribution is 6.43. The average molecular weight is 98.2 g/mol. The van der Waals surface area contributed by atoms with Crippen LogP contribution >= 0.6 is 0 Å². The third-order valence-corrected chi connectivity index (χ3v) is 2.89. The van der Waals surface area contributed by atoms with Crippen molar-refractivity contribution < 1.29 is 0 Å². The van der Waals surface area contributed by atoms with Gasteiger partial charge in [-0.25, -0.2) is 0 Å². The number of hydrogen-bond acceptors (Lipinski definition) is 0. The normalized spacial score (nSPS) is 45.0. The smallest absolute Gasteiger partial charge is 0.0442 e. The van der Waals surface area contributed by atoms with Gasteiger partial charge in [0.25, 0.3) is 0 Å². The van der Waals surface area contributed by atoms with E-state index in [0.29, 0.717) is 0 Å². The first-order chi connectivity index (χ1) is 2.79. The van der Waals surface area contributed by atoms with Crippen molar-refractivity contribution in [3.63, 3.8) is 0 Å². The minimum atomic E-state index is 1.07. The number of hydrogen-bond donors (Lipinski definition) is 0. The Bertz CT molecular complexity index is 39.9. The summed E-state index contributed by atoms with van der Waals surface area (Å²) in [6.07, 6.45) is 1.48. The molecule has 2 unspecified atom stereocenters. The lowest BCUT2D eigenvalue weighted by Crippen LogP contribution is -2.18. The maximum absolute atomic E-state index is 2.33. The molecule has 0 nitrogen and oxygen atoms in total. The lowest BCUT2D eigenvalue weighted by Gasteiger charge is -2.27. The van der Waals surface area contributed by atoms with Crippen LogP contribution in [-0.2, 0) is 0 Å². The largest absolute Gasteiger partial charge is 0.0653 e. The van der Waals surface area contributed by atoms with Crippen LogP contribution in [0, 0.1) is 0 Å². The van der Waals surface area contributed by atoms with Gasteiger partial charge in [-0.3, -0.25) is 0 Å². The summed E-state index contributed by atoms with van der Waals surface area (Å²) in [5.74, 6) is 0. The minimum absolute atomic E-state index is 1.07. The number of rotatable bonds is 0. The van der Waals surface area contributed by atoms with Crippen molar-refractivity contribution in [1.29, 1.82) is 0 Å². The maximum Gasteiger partial charge on any atom is 0.0442 e. The summed E-state index contributed by atoms with van der Waals surface area (Å²) in [7, 11) is 1.27. The van der Waals surface area contributed by atoms with E-state index in [2.05, 4.69) is 13.8 Å². The van der Waals surface area contributed by atoms with E-state index in [1.165, 1.54) is 15.9 Å². The summed E-state index contributed by atoms with van der Waals surface area (Å²) in [5, 5.41) is 0. The van der Waals surface area contributed by atoms with Gasteiger partial charge in [0.1, 0.15) is 0 Å². The molecule has 0 aliphatic carbocycles. The quantitative estimate of drug-likeness (QED) is 0.405. The summed E-state index contributed by atoms with van der Waals surface area (Å²) < 4.78 is 0. The zero-order valence-electron chi connectivity index (χ0n) is 4.36.